The zero-order chi connectivity index (χ0) is 14.4. The fraction of sp³-hybridized carbons (Fsp3) is 0.714. The highest BCUT2D eigenvalue weighted by Gasteiger charge is 2.17. The van der Waals surface area contributed by atoms with E-state index in [2.05, 4.69) is 54.9 Å². The number of nitrogens with zero attached hydrogens (tertiary/aromatic N) is 3. The third-order valence-corrected chi connectivity index (χ3v) is 2.88. The number of hydrazine groups is 1. The Morgan fingerprint density at radius 2 is 1.74 bits per heavy atom. The summed E-state index contributed by atoms with van der Waals surface area (Å²) >= 11 is 0. The molecule has 3 N–H and O–H groups in total. The molecule has 0 bridgehead atoms. The highest BCUT2D eigenvalue weighted by atomic mass is 15.3. The molecule has 1 heterocycles. The van der Waals surface area contributed by atoms with Crippen LogP contribution in [0.4, 0.5) is 11.6 Å². The van der Waals surface area contributed by atoms with E-state index in [0.29, 0.717) is 11.8 Å². The fourth-order valence-electron chi connectivity index (χ4n) is 2.25. The van der Waals surface area contributed by atoms with Crippen molar-refractivity contribution in [3.63, 3.8) is 0 Å². The number of hydrogen-bond acceptors (Lipinski definition) is 5. The summed E-state index contributed by atoms with van der Waals surface area (Å²) in [6, 6.07) is 0. The Morgan fingerprint density at radius 1 is 1.16 bits per heavy atom. The van der Waals surface area contributed by atoms with Crippen LogP contribution in [-0.4, -0.2) is 23.1 Å². The summed E-state index contributed by atoms with van der Waals surface area (Å²) in [7, 11) is 0. The lowest BCUT2D eigenvalue weighted by Crippen LogP contribution is -2.33. The van der Waals surface area contributed by atoms with E-state index in [1.54, 1.807) is 6.33 Å². The Balaban J connectivity index is 3.13. The van der Waals surface area contributed by atoms with Gasteiger partial charge in [0.25, 0.3) is 0 Å². The van der Waals surface area contributed by atoms with Crippen molar-refractivity contribution in [1.29, 1.82) is 0 Å². The summed E-state index contributed by atoms with van der Waals surface area (Å²) in [5.41, 5.74) is 3.76. The Kier molecular flexibility index (Phi) is 6.02. The zero-order valence-corrected chi connectivity index (χ0v) is 12.8. The van der Waals surface area contributed by atoms with Crippen LogP contribution in [0.1, 0.15) is 40.2 Å². The monoisotopic (exact) mass is 265 g/mol. The van der Waals surface area contributed by atoms with Gasteiger partial charge in [-0.1, -0.05) is 34.6 Å². The van der Waals surface area contributed by atoms with Gasteiger partial charge in [0.1, 0.15) is 18.0 Å². The SMILES string of the molecule is CCc1c(NN)ncnc1N(CC(C)C)CC(C)C. The van der Waals surface area contributed by atoms with Crippen molar-refractivity contribution in [2.45, 2.75) is 41.0 Å². The van der Waals surface area contributed by atoms with Crippen molar-refractivity contribution in [2.24, 2.45) is 17.7 Å². The molecule has 1 aromatic heterocycles. The number of hydrogen-bond donors (Lipinski definition) is 2. The van der Waals surface area contributed by atoms with E-state index in [4.69, 9.17) is 5.84 Å². The van der Waals surface area contributed by atoms with Gasteiger partial charge in [-0.05, 0) is 18.3 Å². The summed E-state index contributed by atoms with van der Waals surface area (Å²) in [4.78, 5) is 11.0. The molecule has 0 unspecified atom stereocenters. The summed E-state index contributed by atoms with van der Waals surface area (Å²) in [6.45, 7) is 13.0. The Morgan fingerprint density at radius 3 is 2.16 bits per heavy atom. The van der Waals surface area contributed by atoms with E-state index in [0.717, 1.165) is 36.7 Å². The molecule has 0 aliphatic rings. The quantitative estimate of drug-likeness (QED) is 0.585. The minimum Gasteiger partial charge on any atom is -0.356 e. The molecule has 1 aromatic rings. The highest BCUT2D eigenvalue weighted by molar-refractivity contribution is 5.58. The summed E-state index contributed by atoms with van der Waals surface area (Å²) in [6.07, 6.45) is 2.44. The maximum absolute atomic E-state index is 5.54. The van der Waals surface area contributed by atoms with Crippen LogP contribution in [0.3, 0.4) is 0 Å². The van der Waals surface area contributed by atoms with E-state index >= 15 is 0 Å². The number of aromatic nitrogens is 2. The van der Waals surface area contributed by atoms with Gasteiger partial charge in [-0.25, -0.2) is 15.8 Å². The van der Waals surface area contributed by atoms with Crippen LogP contribution in [0.2, 0.25) is 0 Å². The van der Waals surface area contributed by atoms with Gasteiger partial charge in [0.15, 0.2) is 0 Å². The number of nitrogens with two attached hydrogens (primary N) is 1. The average molecular weight is 265 g/mol. The van der Waals surface area contributed by atoms with Crippen LogP contribution in [-0.2, 0) is 6.42 Å². The Bertz CT molecular complexity index is 379. The molecule has 0 spiro atoms. The molecule has 0 aliphatic heterocycles. The van der Waals surface area contributed by atoms with Gasteiger partial charge in [-0.2, -0.15) is 0 Å². The number of nitrogens with one attached hydrogen (secondary N) is 1. The first-order valence-corrected chi connectivity index (χ1v) is 7.04. The topological polar surface area (TPSA) is 67.1 Å². The molecule has 0 saturated heterocycles. The molecule has 0 amide bonds. The lowest BCUT2D eigenvalue weighted by molar-refractivity contribution is 0.547. The molecule has 5 heteroatoms. The summed E-state index contributed by atoms with van der Waals surface area (Å²) in [5, 5.41) is 0. The van der Waals surface area contributed by atoms with Crippen LogP contribution in [0.5, 0.6) is 0 Å². The Labute approximate surface area is 116 Å². The maximum Gasteiger partial charge on any atom is 0.148 e. The van der Waals surface area contributed by atoms with Crippen molar-refractivity contribution >= 4 is 11.6 Å². The van der Waals surface area contributed by atoms with Gasteiger partial charge in [-0.3, -0.25) is 0 Å². The predicted octanol–water partition coefficient (Wildman–Crippen LogP) is 2.44. The molecular formula is C14H27N5. The van der Waals surface area contributed by atoms with E-state index in [1.165, 1.54) is 0 Å². The summed E-state index contributed by atoms with van der Waals surface area (Å²) < 4.78 is 0. The number of anilines is 2. The zero-order valence-electron chi connectivity index (χ0n) is 12.8. The number of rotatable bonds is 7. The minimum atomic E-state index is 0.590. The number of nitrogen functional groups attached to an aromatic ring is 1. The molecule has 0 saturated carbocycles. The van der Waals surface area contributed by atoms with Crippen molar-refractivity contribution in [1.82, 2.24) is 9.97 Å². The summed E-state index contributed by atoms with van der Waals surface area (Å²) in [5.74, 6) is 8.45. The average Bonchev–Trinajstić information content (AvgIpc) is 2.35. The van der Waals surface area contributed by atoms with Crippen LogP contribution in [0, 0.1) is 11.8 Å². The maximum atomic E-state index is 5.54. The molecule has 0 aromatic carbocycles. The Hall–Kier alpha value is -1.36. The third-order valence-electron chi connectivity index (χ3n) is 2.88. The van der Waals surface area contributed by atoms with Gasteiger partial charge in [0.05, 0.1) is 0 Å². The van der Waals surface area contributed by atoms with Crippen LogP contribution in [0.25, 0.3) is 0 Å². The molecule has 0 radical (unpaired) electrons. The molecule has 108 valence electrons. The van der Waals surface area contributed by atoms with E-state index in [-0.39, 0.29) is 0 Å². The lowest BCUT2D eigenvalue weighted by atomic mass is 10.1. The van der Waals surface area contributed by atoms with Crippen LogP contribution in [0.15, 0.2) is 6.33 Å². The first-order valence-electron chi connectivity index (χ1n) is 7.04. The lowest BCUT2D eigenvalue weighted by Gasteiger charge is -2.29. The minimum absolute atomic E-state index is 0.590. The highest BCUT2D eigenvalue weighted by Crippen LogP contribution is 2.25. The largest absolute Gasteiger partial charge is 0.356 e. The van der Waals surface area contributed by atoms with E-state index in [1.807, 2.05) is 0 Å². The van der Waals surface area contributed by atoms with Gasteiger partial charge in [-0.15, -0.1) is 0 Å². The van der Waals surface area contributed by atoms with E-state index < -0.39 is 0 Å². The van der Waals surface area contributed by atoms with Crippen molar-refractivity contribution < 1.29 is 0 Å². The van der Waals surface area contributed by atoms with Crippen molar-refractivity contribution in [2.75, 3.05) is 23.4 Å². The van der Waals surface area contributed by atoms with Crippen LogP contribution >= 0.6 is 0 Å². The molecule has 1 rings (SSSR count). The van der Waals surface area contributed by atoms with Gasteiger partial charge in [0, 0.05) is 18.7 Å². The molecular weight excluding hydrogens is 238 g/mol. The van der Waals surface area contributed by atoms with Gasteiger partial charge < -0.3 is 10.3 Å². The second kappa shape index (κ2) is 7.28. The molecule has 0 atom stereocenters. The smallest absolute Gasteiger partial charge is 0.148 e. The predicted molar refractivity (Wildman–Crippen MR) is 81.1 cm³/mol. The van der Waals surface area contributed by atoms with E-state index in [9.17, 15) is 0 Å². The van der Waals surface area contributed by atoms with Gasteiger partial charge in [0.2, 0.25) is 0 Å². The fourth-order valence-corrected chi connectivity index (χ4v) is 2.25. The second-order valence-corrected chi connectivity index (χ2v) is 5.72. The molecule has 0 fully saturated rings. The molecule has 0 aliphatic carbocycles. The second-order valence-electron chi connectivity index (χ2n) is 5.72. The molecule has 19 heavy (non-hydrogen) atoms. The third kappa shape index (κ3) is 4.35. The van der Waals surface area contributed by atoms with Crippen LogP contribution < -0.4 is 16.2 Å². The van der Waals surface area contributed by atoms with Crippen molar-refractivity contribution in [3.8, 4) is 0 Å². The van der Waals surface area contributed by atoms with Gasteiger partial charge >= 0.3 is 0 Å². The first kappa shape index (κ1) is 15.7. The standard InChI is InChI=1S/C14H27N5/c1-6-12-13(18-15)16-9-17-14(12)19(7-10(2)3)8-11(4)5/h9-11H,6-8,15H2,1-5H3,(H,16,17,18). The normalized spacial score (nSPS) is 11.2. The van der Waals surface area contributed by atoms with Crippen molar-refractivity contribution in [3.05, 3.63) is 11.9 Å². The first-order chi connectivity index (χ1) is 8.99. The molecule has 5 nitrogen and oxygen atoms in total.